The van der Waals surface area contributed by atoms with Gasteiger partial charge < -0.3 is 10.1 Å². The van der Waals surface area contributed by atoms with Crippen molar-refractivity contribution in [1.82, 2.24) is 0 Å². The largest absolute Gasteiger partial charge is 0.497 e. The highest BCUT2D eigenvalue weighted by Crippen LogP contribution is 2.25. The summed E-state index contributed by atoms with van der Waals surface area (Å²) in [7, 11) is 1.57. The van der Waals surface area contributed by atoms with Crippen molar-refractivity contribution in [2.45, 2.75) is 6.54 Å². The molecule has 1 N–H and O–H groups in total. The Hall–Kier alpha value is -1.62. The molecule has 0 aliphatic heterocycles. The smallest absolute Gasteiger partial charge is 0.149 e. The molecule has 0 fully saturated rings. The molecular formula is C14H12BrF2NO. The highest BCUT2D eigenvalue weighted by molar-refractivity contribution is 9.10. The normalized spacial score (nSPS) is 10.3. The molecule has 2 nitrogen and oxygen atoms in total. The Morgan fingerprint density at radius 2 is 1.84 bits per heavy atom. The number of para-hydroxylation sites is 1. The topological polar surface area (TPSA) is 21.3 Å². The molecule has 0 aromatic heterocycles. The van der Waals surface area contributed by atoms with E-state index in [4.69, 9.17) is 4.74 Å². The van der Waals surface area contributed by atoms with Crippen LogP contribution in [0.1, 0.15) is 5.56 Å². The molecular weight excluding hydrogens is 316 g/mol. The van der Waals surface area contributed by atoms with E-state index in [1.807, 2.05) is 6.07 Å². The molecule has 0 spiro atoms. The van der Waals surface area contributed by atoms with Crippen LogP contribution in [0.5, 0.6) is 5.75 Å². The Morgan fingerprint density at radius 1 is 1.16 bits per heavy atom. The van der Waals surface area contributed by atoms with Crippen LogP contribution in [0, 0.1) is 11.6 Å². The number of nitrogens with one attached hydrogen (secondary N) is 1. The number of ether oxygens (including phenoxy) is 1. The Kier molecular flexibility index (Phi) is 4.37. The van der Waals surface area contributed by atoms with Crippen molar-refractivity contribution in [1.29, 1.82) is 0 Å². The minimum absolute atomic E-state index is 0.128. The molecule has 0 aliphatic carbocycles. The Morgan fingerprint density at radius 3 is 2.47 bits per heavy atom. The van der Waals surface area contributed by atoms with Gasteiger partial charge in [0.2, 0.25) is 0 Å². The van der Waals surface area contributed by atoms with Gasteiger partial charge in [-0.25, -0.2) is 8.78 Å². The Bertz CT molecular complexity index is 569. The van der Waals surface area contributed by atoms with Gasteiger partial charge in [-0.15, -0.1) is 0 Å². The first-order valence-electron chi connectivity index (χ1n) is 5.62. The van der Waals surface area contributed by atoms with Crippen LogP contribution in [-0.2, 0) is 6.54 Å². The van der Waals surface area contributed by atoms with E-state index < -0.39 is 11.6 Å². The predicted molar refractivity (Wildman–Crippen MR) is 74.4 cm³/mol. The molecule has 0 amide bonds. The van der Waals surface area contributed by atoms with Crippen LogP contribution in [0.15, 0.2) is 40.9 Å². The summed E-state index contributed by atoms with van der Waals surface area (Å²) in [6.07, 6.45) is 0. The quantitative estimate of drug-likeness (QED) is 0.901. The fourth-order valence-corrected chi connectivity index (χ4v) is 2.05. The molecule has 0 radical (unpaired) electrons. The standard InChI is InChI=1S/C14H12BrF2NO/c1-19-10-5-6-11(15)9(7-10)8-18-14-12(16)3-2-4-13(14)17/h2-7,18H,8H2,1H3. The highest BCUT2D eigenvalue weighted by Gasteiger charge is 2.09. The SMILES string of the molecule is COc1ccc(Br)c(CNc2c(F)cccc2F)c1. The van der Waals surface area contributed by atoms with Crippen molar-refractivity contribution < 1.29 is 13.5 Å². The summed E-state index contributed by atoms with van der Waals surface area (Å²) in [5, 5.41) is 2.75. The van der Waals surface area contributed by atoms with Crippen LogP contribution in [-0.4, -0.2) is 7.11 Å². The van der Waals surface area contributed by atoms with Crippen LogP contribution in [0.3, 0.4) is 0 Å². The number of hydrogen-bond acceptors (Lipinski definition) is 2. The zero-order valence-electron chi connectivity index (χ0n) is 10.2. The van der Waals surface area contributed by atoms with E-state index in [0.717, 1.165) is 10.0 Å². The second-order valence-electron chi connectivity index (χ2n) is 3.91. The first-order chi connectivity index (χ1) is 9.11. The minimum Gasteiger partial charge on any atom is -0.497 e. The fourth-order valence-electron chi connectivity index (χ4n) is 1.66. The zero-order chi connectivity index (χ0) is 13.8. The van der Waals surface area contributed by atoms with Gasteiger partial charge in [0.15, 0.2) is 0 Å². The number of benzene rings is 2. The van der Waals surface area contributed by atoms with Crippen LogP contribution in [0.4, 0.5) is 14.5 Å². The summed E-state index contributed by atoms with van der Waals surface area (Å²) in [4.78, 5) is 0. The highest BCUT2D eigenvalue weighted by atomic mass is 79.9. The molecule has 2 rings (SSSR count). The second kappa shape index (κ2) is 6.02. The molecule has 0 heterocycles. The van der Waals surface area contributed by atoms with E-state index in [0.29, 0.717) is 5.75 Å². The molecule has 100 valence electrons. The average molecular weight is 328 g/mol. The minimum atomic E-state index is -0.612. The molecule has 2 aromatic rings. The lowest BCUT2D eigenvalue weighted by molar-refractivity contribution is 0.414. The molecule has 0 saturated carbocycles. The molecule has 5 heteroatoms. The lowest BCUT2D eigenvalue weighted by Gasteiger charge is -2.11. The van der Waals surface area contributed by atoms with Gasteiger partial charge in [0.05, 0.1) is 7.11 Å². The van der Waals surface area contributed by atoms with Crippen molar-refractivity contribution in [2.75, 3.05) is 12.4 Å². The summed E-state index contributed by atoms with van der Waals surface area (Å²) in [5.41, 5.74) is 0.722. The lowest BCUT2D eigenvalue weighted by atomic mass is 10.2. The molecule has 0 atom stereocenters. The van der Waals surface area contributed by atoms with E-state index in [9.17, 15) is 8.78 Å². The van der Waals surface area contributed by atoms with Crippen molar-refractivity contribution in [2.24, 2.45) is 0 Å². The van der Waals surface area contributed by atoms with E-state index in [-0.39, 0.29) is 12.2 Å². The molecule has 0 saturated heterocycles. The monoisotopic (exact) mass is 327 g/mol. The maximum atomic E-state index is 13.5. The third kappa shape index (κ3) is 3.23. The average Bonchev–Trinajstić information content (AvgIpc) is 2.40. The third-order valence-electron chi connectivity index (χ3n) is 2.67. The number of rotatable bonds is 4. The van der Waals surface area contributed by atoms with Crippen LogP contribution in [0.2, 0.25) is 0 Å². The summed E-state index contributed by atoms with van der Waals surface area (Å²) in [5.74, 6) is -0.535. The van der Waals surface area contributed by atoms with E-state index in [2.05, 4.69) is 21.2 Å². The number of hydrogen-bond donors (Lipinski definition) is 1. The van der Waals surface area contributed by atoms with Gasteiger partial charge in [0, 0.05) is 11.0 Å². The third-order valence-corrected chi connectivity index (χ3v) is 3.44. The van der Waals surface area contributed by atoms with Gasteiger partial charge in [0.25, 0.3) is 0 Å². The van der Waals surface area contributed by atoms with Crippen molar-refractivity contribution in [3.63, 3.8) is 0 Å². The van der Waals surface area contributed by atoms with Gasteiger partial charge in [0.1, 0.15) is 23.1 Å². The van der Waals surface area contributed by atoms with Crippen molar-refractivity contribution in [3.05, 3.63) is 58.1 Å². The van der Waals surface area contributed by atoms with Crippen LogP contribution in [0.25, 0.3) is 0 Å². The second-order valence-corrected chi connectivity index (χ2v) is 4.76. The van der Waals surface area contributed by atoms with Crippen molar-refractivity contribution >= 4 is 21.6 Å². The Balaban J connectivity index is 2.19. The van der Waals surface area contributed by atoms with E-state index in [1.54, 1.807) is 19.2 Å². The molecule has 0 unspecified atom stereocenters. The van der Waals surface area contributed by atoms with E-state index in [1.165, 1.54) is 18.2 Å². The predicted octanol–water partition coefficient (Wildman–Crippen LogP) is 4.35. The zero-order valence-corrected chi connectivity index (χ0v) is 11.8. The fraction of sp³-hybridized carbons (Fsp3) is 0.143. The molecule has 19 heavy (non-hydrogen) atoms. The number of anilines is 1. The summed E-state index contributed by atoms with van der Waals surface area (Å²) < 4.78 is 32.9. The molecule has 2 aromatic carbocycles. The number of methoxy groups -OCH3 is 1. The Labute approximate surface area is 118 Å². The first kappa shape index (κ1) is 13.8. The van der Waals surface area contributed by atoms with Crippen LogP contribution >= 0.6 is 15.9 Å². The van der Waals surface area contributed by atoms with Crippen molar-refractivity contribution in [3.8, 4) is 5.75 Å². The summed E-state index contributed by atoms with van der Waals surface area (Å²) in [6, 6.07) is 9.19. The van der Waals surface area contributed by atoms with Gasteiger partial charge in [-0.1, -0.05) is 22.0 Å². The van der Waals surface area contributed by atoms with Gasteiger partial charge in [-0.05, 0) is 35.9 Å². The molecule has 0 bridgehead atoms. The first-order valence-corrected chi connectivity index (χ1v) is 6.41. The van der Waals surface area contributed by atoms with Gasteiger partial charge >= 0.3 is 0 Å². The van der Waals surface area contributed by atoms with Gasteiger partial charge in [-0.2, -0.15) is 0 Å². The maximum absolute atomic E-state index is 13.5. The van der Waals surface area contributed by atoms with Gasteiger partial charge in [-0.3, -0.25) is 0 Å². The maximum Gasteiger partial charge on any atom is 0.149 e. The number of halogens is 3. The molecule has 0 aliphatic rings. The summed E-state index contributed by atoms with van der Waals surface area (Å²) in [6.45, 7) is 0.287. The van der Waals surface area contributed by atoms with E-state index >= 15 is 0 Å². The lowest BCUT2D eigenvalue weighted by Crippen LogP contribution is -2.04. The summed E-state index contributed by atoms with van der Waals surface area (Å²) >= 11 is 3.39. The van der Waals surface area contributed by atoms with Crippen LogP contribution < -0.4 is 10.1 Å².